The summed E-state index contributed by atoms with van der Waals surface area (Å²) in [5, 5.41) is 0. The van der Waals surface area contributed by atoms with Crippen LogP contribution in [0.5, 0.6) is 0 Å². The Morgan fingerprint density at radius 2 is 2.17 bits per heavy atom. The van der Waals surface area contributed by atoms with Gasteiger partial charge in [0, 0.05) is 26.2 Å². The van der Waals surface area contributed by atoms with Crippen LogP contribution in [0.4, 0.5) is 0 Å². The summed E-state index contributed by atoms with van der Waals surface area (Å²) < 4.78 is 0. The number of piperidine rings is 1. The van der Waals surface area contributed by atoms with Gasteiger partial charge in [0.15, 0.2) is 0 Å². The molecule has 0 saturated carbocycles. The molecule has 5 heteroatoms. The van der Waals surface area contributed by atoms with Crippen molar-refractivity contribution in [1.82, 2.24) is 14.7 Å². The van der Waals surface area contributed by atoms with Crippen molar-refractivity contribution in [2.45, 2.75) is 25.3 Å². The molecule has 5 nitrogen and oxygen atoms in total. The first-order chi connectivity index (χ1) is 8.54. The molecule has 0 aliphatic carbocycles. The first-order valence-electron chi connectivity index (χ1n) is 6.87. The van der Waals surface area contributed by atoms with Gasteiger partial charge >= 0.3 is 0 Å². The van der Waals surface area contributed by atoms with Crippen molar-refractivity contribution in [2.24, 2.45) is 5.73 Å². The Balaban J connectivity index is 2.33. The molecule has 0 aromatic rings. The summed E-state index contributed by atoms with van der Waals surface area (Å²) >= 11 is 0. The molecule has 1 fully saturated rings. The van der Waals surface area contributed by atoms with Crippen LogP contribution in [0, 0.1) is 0 Å². The number of likely N-dealkylation sites (tertiary alicyclic amines) is 1. The van der Waals surface area contributed by atoms with Gasteiger partial charge in [-0.25, -0.2) is 0 Å². The zero-order valence-corrected chi connectivity index (χ0v) is 12.1. The average Bonchev–Trinajstić information content (AvgIpc) is 2.35. The number of rotatable bonds is 6. The highest BCUT2D eigenvalue weighted by Crippen LogP contribution is 2.13. The number of carbonyl (C=O) groups is 1. The predicted octanol–water partition coefficient (Wildman–Crippen LogP) is -0.180. The Hall–Kier alpha value is -0.650. The molecule has 0 aromatic carbocycles. The van der Waals surface area contributed by atoms with Gasteiger partial charge in [0.2, 0.25) is 5.91 Å². The molecule has 1 amide bonds. The standard InChI is InChI=1S/C13H28N4O/c1-15-8-4-6-12(10-15)17(3)11-13(18)16(2)9-5-7-14/h12H,4-11,14H2,1-3H3. The lowest BCUT2D eigenvalue weighted by atomic mass is 10.1. The smallest absolute Gasteiger partial charge is 0.236 e. The molecule has 2 N–H and O–H groups in total. The van der Waals surface area contributed by atoms with Crippen LogP contribution < -0.4 is 5.73 Å². The molecule has 0 bridgehead atoms. The Bertz CT molecular complexity index is 259. The van der Waals surface area contributed by atoms with Crippen LogP contribution in [0.3, 0.4) is 0 Å². The maximum Gasteiger partial charge on any atom is 0.236 e. The highest BCUT2D eigenvalue weighted by atomic mass is 16.2. The zero-order chi connectivity index (χ0) is 13.5. The van der Waals surface area contributed by atoms with Crippen LogP contribution in [-0.4, -0.2) is 80.5 Å². The topological polar surface area (TPSA) is 52.8 Å². The van der Waals surface area contributed by atoms with Gasteiger partial charge in [-0.2, -0.15) is 0 Å². The summed E-state index contributed by atoms with van der Waals surface area (Å²) in [6.45, 7) is 4.15. The third-order valence-electron chi connectivity index (χ3n) is 3.73. The summed E-state index contributed by atoms with van der Waals surface area (Å²) in [7, 11) is 6.06. The monoisotopic (exact) mass is 256 g/mol. The maximum absolute atomic E-state index is 12.0. The second kappa shape index (κ2) is 7.71. The molecule has 1 aliphatic heterocycles. The second-order valence-corrected chi connectivity index (χ2v) is 5.43. The van der Waals surface area contributed by atoms with E-state index in [9.17, 15) is 4.79 Å². The van der Waals surface area contributed by atoms with Crippen LogP contribution in [0.2, 0.25) is 0 Å². The number of hydrogen-bond donors (Lipinski definition) is 1. The molecule has 1 atom stereocenters. The quantitative estimate of drug-likeness (QED) is 0.716. The van der Waals surface area contributed by atoms with Gasteiger partial charge in [-0.3, -0.25) is 9.69 Å². The fourth-order valence-electron chi connectivity index (χ4n) is 2.42. The van der Waals surface area contributed by atoms with Crippen LogP contribution in [0.15, 0.2) is 0 Å². The summed E-state index contributed by atoms with van der Waals surface area (Å²) in [5.74, 6) is 0.194. The Morgan fingerprint density at radius 1 is 1.44 bits per heavy atom. The van der Waals surface area contributed by atoms with E-state index < -0.39 is 0 Å². The lowest BCUT2D eigenvalue weighted by Gasteiger charge is -2.36. The van der Waals surface area contributed by atoms with Gasteiger partial charge in [0.1, 0.15) is 0 Å². The summed E-state index contributed by atoms with van der Waals surface area (Å²) in [6, 6.07) is 0.510. The second-order valence-electron chi connectivity index (χ2n) is 5.43. The van der Waals surface area contributed by atoms with Crippen molar-refractivity contribution in [3.63, 3.8) is 0 Å². The molecule has 1 rings (SSSR count). The van der Waals surface area contributed by atoms with Gasteiger partial charge in [-0.05, 0) is 46.4 Å². The minimum absolute atomic E-state index is 0.194. The van der Waals surface area contributed by atoms with Crippen molar-refractivity contribution in [3.8, 4) is 0 Å². The maximum atomic E-state index is 12.0. The molecular formula is C13H28N4O. The third kappa shape index (κ3) is 4.92. The van der Waals surface area contributed by atoms with E-state index in [1.165, 1.54) is 19.4 Å². The molecule has 1 heterocycles. The molecule has 1 unspecified atom stereocenters. The van der Waals surface area contributed by atoms with E-state index in [1.54, 1.807) is 4.90 Å². The zero-order valence-electron chi connectivity index (χ0n) is 12.1. The molecule has 0 spiro atoms. The molecule has 0 aromatic heterocycles. The van der Waals surface area contributed by atoms with Crippen molar-refractivity contribution < 1.29 is 4.79 Å². The number of carbonyl (C=O) groups excluding carboxylic acids is 1. The van der Waals surface area contributed by atoms with E-state index in [4.69, 9.17) is 5.73 Å². The van der Waals surface area contributed by atoms with Gasteiger partial charge < -0.3 is 15.5 Å². The predicted molar refractivity (Wildman–Crippen MR) is 74.5 cm³/mol. The molecule has 0 radical (unpaired) electrons. The summed E-state index contributed by atoms with van der Waals surface area (Å²) in [6.07, 6.45) is 3.29. The summed E-state index contributed by atoms with van der Waals surface area (Å²) in [4.78, 5) is 18.3. The van der Waals surface area contributed by atoms with Crippen LogP contribution >= 0.6 is 0 Å². The molecule has 1 aliphatic rings. The lowest BCUT2D eigenvalue weighted by Crippen LogP contribution is -2.48. The minimum Gasteiger partial charge on any atom is -0.345 e. The molecule has 18 heavy (non-hydrogen) atoms. The van der Waals surface area contributed by atoms with Gasteiger partial charge in [0.25, 0.3) is 0 Å². The van der Waals surface area contributed by atoms with E-state index in [0.717, 1.165) is 19.5 Å². The number of amides is 1. The first kappa shape index (κ1) is 15.4. The number of likely N-dealkylation sites (N-methyl/N-ethyl adjacent to an activating group) is 3. The van der Waals surface area contributed by atoms with E-state index in [0.29, 0.717) is 19.1 Å². The minimum atomic E-state index is 0.194. The first-order valence-corrected chi connectivity index (χ1v) is 6.87. The van der Waals surface area contributed by atoms with Crippen molar-refractivity contribution >= 4 is 5.91 Å². The van der Waals surface area contributed by atoms with Crippen LogP contribution in [0.1, 0.15) is 19.3 Å². The van der Waals surface area contributed by atoms with Gasteiger partial charge in [-0.1, -0.05) is 0 Å². The fraction of sp³-hybridized carbons (Fsp3) is 0.923. The van der Waals surface area contributed by atoms with Crippen molar-refractivity contribution in [1.29, 1.82) is 0 Å². The average molecular weight is 256 g/mol. The highest BCUT2D eigenvalue weighted by molar-refractivity contribution is 5.77. The van der Waals surface area contributed by atoms with Crippen molar-refractivity contribution in [3.05, 3.63) is 0 Å². The Morgan fingerprint density at radius 3 is 2.78 bits per heavy atom. The van der Waals surface area contributed by atoms with E-state index in [1.807, 2.05) is 7.05 Å². The van der Waals surface area contributed by atoms with E-state index in [-0.39, 0.29) is 5.91 Å². The number of nitrogens with two attached hydrogens (primary N) is 1. The SMILES string of the molecule is CN1CCCC(N(C)CC(=O)N(C)CCCN)C1. The largest absolute Gasteiger partial charge is 0.345 e. The van der Waals surface area contributed by atoms with Crippen molar-refractivity contribution in [2.75, 3.05) is 53.9 Å². The normalized spacial score (nSPS) is 21.3. The lowest BCUT2D eigenvalue weighted by molar-refractivity contribution is -0.131. The van der Waals surface area contributed by atoms with E-state index in [2.05, 4.69) is 23.9 Å². The van der Waals surface area contributed by atoms with Gasteiger partial charge in [-0.15, -0.1) is 0 Å². The van der Waals surface area contributed by atoms with Gasteiger partial charge in [0.05, 0.1) is 6.54 Å². The Kier molecular flexibility index (Phi) is 6.60. The third-order valence-corrected chi connectivity index (χ3v) is 3.73. The Labute approximate surface area is 111 Å². The number of nitrogens with zero attached hydrogens (tertiary/aromatic N) is 3. The molecule has 106 valence electrons. The fourth-order valence-corrected chi connectivity index (χ4v) is 2.42. The molecule has 1 saturated heterocycles. The van der Waals surface area contributed by atoms with Crippen LogP contribution in [0.25, 0.3) is 0 Å². The highest BCUT2D eigenvalue weighted by Gasteiger charge is 2.23. The molecular weight excluding hydrogens is 228 g/mol. The summed E-state index contributed by atoms with van der Waals surface area (Å²) in [5.41, 5.74) is 5.46. The van der Waals surface area contributed by atoms with E-state index >= 15 is 0 Å². The van der Waals surface area contributed by atoms with Crippen LogP contribution in [-0.2, 0) is 4.79 Å². The number of hydrogen-bond acceptors (Lipinski definition) is 4.